The predicted octanol–water partition coefficient (Wildman–Crippen LogP) is 4.09. The van der Waals surface area contributed by atoms with Gasteiger partial charge in [0.15, 0.2) is 0 Å². The van der Waals surface area contributed by atoms with Crippen molar-refractivity contribution in [2.45, 2.75) is 12.8 Å². The van der Waals surface area contributed by atoms with Gasteiger partial charge in [-0.15, -0.1) is 0 Å². The van der Waals surface area contributed by atoms with Crippen molar-refractivity contribution in [1.82, 2.24) is 0 Å². The molecule has 0 saturated carbocycles. The van der Waals surface area contributed by atoms with Crippen molar-refractivity contribution < 1.29 is 0 Å². The summed E-state index contributed by atoms with van der Waals surface area (Å²) in [5.74, 6) is 0. The van der Waals surface area contributed by atoms with E-state index in [9.17, 15) is 0 Å². The van der Waals surface area contributed by atoms with Crippen LogP contribution in [0, 0.1) is 0 Å². The Balaban J connectivity index is 2.37. The van der Waals surface area contributed by atoms with Gasteiger partial charge in [-0.05, 0) is 45.5 Å². The first-order valence-electron chi connectivity index (χ1n) is 5.86. The molecule has 0 radical (unpaired) electrons. The van der Waals surface area contributed by atoms with Crippen molar-refractivity contribution >= 4 is 21.5 Å². The van der Waals surface area contributed by atoms with Gasteiger partial charge in [0, 0.05) is 0 Å². The molecule has 0 spiro atoms. The summed E-state index contributed by atoms with van der Waals surface area (Å²) in [7, 11) is 0. The highest BCUT2D eigenvalue weighted by atomic mass is 14.2. The Morgan fingerprint density at radius 1 is 0.500 bits per heavy atom. The van der Waals surface area contributed by atoms with Crippen LogP contribution in [0.15, 0.2) is 48.5 Å². The van der Waals surface area contributed by atoms with Gasteiger partial charge in [0.05, 0.1) is 0 Å². The largest absolute Gasteiger partial charge is 0.0616 e. The van der Waals surface area contributed by atoms with Crippen LogP contribution in [0.4, 0.5) is 0 Å². The minimum absolute atomic E-state index is 1.25. The molecule has 0 heterocycles. The van der Waals surface area contributed by atoms with Gasteiger partial charge in [0.2, 0.25) is 0 Å². The molecule has 0 fully saturated rings. The van der Waals surface area contributed by atoms with Gasteiger partial charge < -0.3 is 0 Å². The van der Waals surface area contributed by atoms with E-state index in [-0.39, 0.29) is 0 Å². The van der Waals surface area contributed by atoms with Crippen LogP contribution in [0.2, 0.25) is 0 Å². The highest BCUT2D eigenvalue weighted by molar-refractivity contribution is 6.11. The summed E-state index contributed by atoms with van der Waals surface area (Å²) in [5.41, 5.74) is 3.16. The monoisotopic (exact) mass is 204 g/mol. The van der Waals surface area contributed by atoms with Gasteiger partial charge in [-0.1, -0.05) is 48.5 Å². The number of benzene rings is 3. The Hall–Kier alpha value is -1.82. The summed E-state index contributed by atoms with van der Waals surface area (Å²) in [6.07, 6.45) is 2.50. The summed E-state index contributed by atoms with van der Waals surface area (Å²) in [5, 5.41) is 5.75. The molecule has 0 aromatic heterocycles. The average Bonchev–Trinajstić information content (AvgIpc) is 2.29. The predicted molar refractivity (Wildman–Crippen MR) is 68.9 cm³/mol. The number of hydrogen-bond acceptors (Lipinski definition) is 0. The number of rotatable bonds is 0. The third-order valence-electron chi connectivity index (χ3n) is 3.78. The fourth-order valence-electron chi connectivity index (χ4n) is 2.93. The van der Waals surface area contributed by atoms with Crippen molar-refractivity contribution in [3.8, 4) is 0 Å². The number of aryl methyl sites for hydroxylation is 2. The van der Waals surface area contributed by atoms with Gasteiger partial charge in [0.1, 0.15) is 0 Å². The molecule has 0 saturated heterocycles. The van der Waals surface area contributed by atoms with E-state index in [1.54, 1.807) is 11.1 Å². The van der Waals surface area contributed by atoms with Gasteiger partial charge in [0.25, 0.3) is 0 Å². The molecule has 4 rings (SSSR count). The van der Waals surface area contributed by atoms with E-state index < -0.39 is 0 Å². The van der Waals surface area contributed by atoms with Gasteiger partial charge >= 0.3 is 0 Å². The highest BCUT2D eigenvalue weighted by Crippen LogP contribution is 2.38. The molecule has 1 aliphatic rings. The quantitative estimate of drug-likeness (QED) is 0.484. The summed E-state index contributed by atoms with van der Waals surface area (Å²) >= 11 is 0. The molecular formula is C16H12. The minimum Gasteiger partial charge on any atom is -0.0616 e. The SMILES string of the molecule is c1ccc2c(c1)c1c(c3ccccc32)CC1. The van der Waals surface area contributed by atoms with Crippen LogP contribution in [0.25, 0.3) is 21.5 Å². The highest BCUT2D eigenvalue weighted by Gasteiger charge is 2.19. The molecule has 0 bridgehead atoms. The van der Waals surface area contributed by atoms with Gasteiger partial charge in [-0.25, -0.2) is 0 Å². The second-order valence-corrected chi connectivity index (χ2v) is 4.55. The van der Waals surface area contributed by atoms with E-state index in [2.05, 4.69) is 48.5 Å². The smallest absolute Gasteiger partial charge is 0.0102 e. The van der Waals surface area contributed by atoms with Crippen LogP contribution in [0.5, 0.6) is 0 Å². The van der Waals surface area contributed by atoms with Crippen LogP contribution in [-0.2, 0) is 12.8 Å². The lowest BCUT2D eigenvalue weighted by molar-refractivity contribution is 0.864. The fraction of sp³-hybridized carbons (Fsp3) is 0.125. The topological polar surface area (TPSA) is 0 Å². The van der Waals surface area contributed by atoms with Crippen LogP contribution in [0.1, 0.15) is 11.1 Å². The molecule has 3 aromatic carbocycles. The molecule has 0 N–H and O–H groups in total. The third-order valence-corrected chi connectivity index (χ3v) is 3.78. The van der Waals surface area contributed by atoms with Crippen LogP contribution < -0.4 is 0 Å². The van der Waals surface area contributed by atoms with E-state index in [1.165, 1.54) is 34.4 Å². The van der Waals surface area contributed by atoms with Crippen LogP contribution in [-0.4, -0.2) is 0 Å². The van der Waals surface area contributed by atoms with E-state index in [1.807, 2.05) is 0 Å². The summed E-state index contributed by atoms with van der Waals surface area (Å²) in [4.78, 5) is 0. The Kier molecular flexibility index (Phi) is 1.49. The Labute approximate surface area is 94.5 Å². The molecule has 3 aromatic rings. The summed E-state index contributed by atoms with van der Waals surface area (Å²) in [6.45, 7) is 0. The van der Waals surface area contributed by atoms with Crippen LogP contribution >= 0.6 is 0 Å². The second kappa shape index (κ2) is 2.85. The third kappa shape index (κ3) is 0.898. The molecule has 1 aliphatic carbocycles. The van der Waals surface area contributed by atoms with Crippen molar-refractivity contribution in [2.24, 2.45) is 0 Å². The van der Waals surface area contributed by atoms with Crippen molar-refractivity contribution in [2.75, 3.05) is 0 Å². The number of fused-ring (bicyclic) bond motifs is 6. The van der Waals surface area contributed by atoms with E-state index in [0.717, 1.165) is 0 Å². The van der Waals surface area contributed by atoms with E-state index >= 15 is 0 Å². The van der Waals surface area contributed by atoms with E-state index in [0.29, 0.717) is 0 Å². The molecule has 76 valence electrons. The standard InChI is InChI=1S/C16H12/c1-3-7-13-11(5-1)12-6-2-4-8-14(12)16-10-9-15(13)16/h1-8H,9-10H2. The van der Waals surface area contributed by atoms with Gasteiger partial charge in [-0.3, -0.25) is 0 Å². The summed E-state index contributed by atoms with van der Waals surface area (Å²) in [6, 6.07) is 17.6. The second-order valence-electron chi connectivity index (χ2n) is 4.55. The molecule has 0 unspecified atom stereocenters. The molecule has 0 heteroatoms. The molecule has 0 atom stereocenters. The van der Waals surface area contributed by atoms with E-state index in [4.69, 9.17) is 0 Å². The van der Waals surface area contributed by atoms with Gasteiger partial charge in [-0.2, -0.15) is 0 Å². The summed E-state index contributed by atoms with van der Waals surface area (Å²) < 4.78 is 0. The molecule has 0 amide bonds. The Morgan fingerprint density at radius 2 is 0.875 bits per heavy atom. The maximum absolute atomic E-state index is 2.26. The van der Waals surface area contributed by atoms with Crippen molar-refractivity contribution in [3.63, 3.8) is 0 Å². The minimum atomic E-state index is 1.25. The zero-order valence-corrected chi connectivity index (χ0v) is 9.03. The first-order chi connectivity index (χ1) is 7.95. The van der Waals surface area contributed by atoms with Crippen molar-refractivity contribution in [3.05, 3.63) is 59.7 Å². The molecule has 0 nitrogen and oxygen atoms in total. The lowest BCUT2D eigenvalue weighted by Gasteiger charge is -2.24. The number of hydrogen-bond donors (Lipinski definition) is 0. The average molecular weight is 204 g/mol. The van der Waals surface area contributed by atoms with Crippen molar-refractivity contribution in [1.29, 1.82) is 0 Å². The van der Waals surface area contributed by atoms with Crippen LogP contribution in [0.3, 0.4) is 0 Å². The molecular weight excluding hydrogens is 192 g/mol. The zero-order valence-electron chi connectivity index (χ0n) is 9.03. The zero-order chi connectivity index (χ0) is 10.5. The fourth-order valence-corrected chi connectivity index (χ4v) is 2.93. The maximum Gasteiger partial charge on any atom is -0.0102 e. The maximum atomic E-state index is 2.26. The Morgan fingerprint density at radius 3 is 1.25 bits per heavy atom. The normalized spacial score (nSPS) is 13.8. The lowest BCUT2D eigenvalue weighted by atomic mass is 9.80. The lowest BCUT2D eigenvalue weighted by Crippen LogP contribution is -2.09. The first-order valence-corrected chi connectivity index (χ1v) is 5.86. The molecule has 16 heavy (non-hydrogen) atoms. The Bertz CT molecular complexity index is 645. The molecule has 0 aliphatic heterocycles. The first kappa shape index (κ1) is 8.35.